The van der Waals surface area contributed by atoms with Crippen LogP contribution in [0.4, 0.5) is 0 Å². The highest BCUT2D eigenvalue weighted by Crippen LogP contribution is 2.27. The molecule has 13 nitrogen and oxygen atoms in total. The van der Waals surface area contributed by atoms with E-state index in [0.717, 1.165) is 57.8 Å². The van der Waals surface area contributed by atoms with Crippen molar-refractivity contribution in [3.05, 3.63) is 0 Å². The van der Waals surface area contributed by atoms with Gasteiger partial charge in [-0.15, -0.1) is 0 Å². The monoisotopic (exact) mass is 653 g/mol. The maximum absolute atomic E-state index is 14.0. The van der Waals surface area contributed by atoms with Gasteiger partial charge < -0.3 is 37.4 Å². The molecule has 5 amide bonds. The summed E-state index contributed by atoms with van der Waals surface area (Å²) in [4.78, 5) is 68.9. The van der Waals surface area contributed by atoms with Gasteiger partial charge in [0.2, 0.25) is 29.5 Å². The number of aliphatic hydroxyl groups is 1. The van der Waals surface area contributed by atoms with Crippen LogP contribution in [-0.4, -0.2) is 108 Å². The van der Waals surface area contributed by atoms with Crippen molar-refractivity contribution in [2.45, 2.75) is 123 Å². The summed E-state index contributed by atoms with van der Waals surface area (Å²) in [6, 6.07) is -3.34. The quantitative estimate of drug-likeness (QED) is 0.0924. The zero-order valence-electron chi connectivity index (χ0n) is 29.2. The smallest absolute Gasteiger partial charge is 0.243 e. The normalized spacial score (nSPS) is 17.1. The molecule has 0 heterocycles. The summed E-state index contributed by atoms with van der Waals surface area (Å²) in [7, 11) is 1.62. The third-order valence-corrected chi connectivity index (χ3v) is 9.03. The topological polar surface area (TPSA) is 200 Å². The molecule has 0 saturated heterocycles. The number of unbranched alkanes of at least 4 members (excludes halogenated alkanes) is 3. The molecule has 0 aromatic heterocycles. The van der Waals surface area contributed by atoms with Crippen LogP contribution in [0.3, 0.4) is 0 Å². The zero-order chi connectivity index (χ0) is 34.8. The number of carbonyl (C=O) groups is 5. The van der Waals surface area contributed by atoms with Crippen LogP contribution in [-0.2, 0) is 24.0 Å². The number of nitrogens with one attached hydrogen (secondary N) is 3. The van der Waals surface area contributed by atoms with Gasteiger partial charge in [-0.25, -0.2) is 0 Å². The predicted molar refractivity (Wildman–Crippen MR) is 179 cm³/mol. The largest absolute Gasteiger partial charge is 0.396 e. The van der Waals surface area contributed by atoms with E-state index in [1.165, 1.54) is 4.90 Å². The van der Waals surface area contributed by atoms with Gasteiger partial charge in [-0.05, 0) is 51.0 Å². The highest BCUT2D eigenvalue weighted by Gasteiger charge is 2.37. The van der Waals surface area contributed by atoms with Crippen molar-refractivity contribution in [3.8, 4) is 0 Å². The number of likely N-dealkylation sites (N-methyl/N-ethyl adjacent to an activating group) is 1. The second-order valence-corrected chi connectivity index (χ2v) is 13.3. The molecule has 0 unspecified atom stereocenters. The maximum atomic E-state index is 14.0. The van der Waals surface area contributed by atoms with E-state index in [4.69, 9.17) is 11.5 Å². The molecule has 0 aromatic carbocycles. The Kier molecular flexibility index (Phi) is 19.7. The number of rotatable bonds is 22. The highest BCUT2D eigenvalue weighted by molar-refractivity contribution is 5.94. The average molecular weight is 654 g/mol. The third kappa shape index (κ3) is 13.9. The Labute approximate surface area is 276 Å². The van der Waals surface area contributed by atoms with Crippen LogP contribution in [0.1, 0.15) is 98.8 Å². The van der Waals surface area contributed by atoms with Crippen molar-refractivity contribution in [1.29, 1.82) is 0 Å². The fourth-order valence-electron chi connectivity index (χ4n) is 5.93. The summed E-state index contributed by atoms with van der Waals surface area (Å²) < 4.78 is 0. The van der Waals surface area contributed by atoms with Crippen LogP contribution < -0.4 is 27.4 Å². The van der Waals surface area contributed by atoms with Crippen molar-refractivity contribution in [3.63, 3.8) is 0 Å². The minimum absolute atomic E-state index is 0.0774. The first-order valence-electron chi connectivity index (χ1n) is 17.3. The van der Waals surface area contributed by atoms with E-state index in [0.29, 0.717) is 26.1 Å². The second kappa shape index (κ2) is 21.9. The lowest BCUT2D eigenvalue weighted by Crippen LogP contribution is -2.61. The predicted octanol–water partition coefficient (Wildman–Crippen LogP) is 0.869. The molecule has 13 heteroatoms. The van der Waals surface area contributed by atoms with E-state index in [-0.39, 0.29) is 36.8 Å². The van der Waals surface area contributed by atoms with E-state index >= 15 is 0 Å². The zero-order valence-corrected chi connectivity index (χ0v) is 29.2. The fraction of sp³-hybridized carbons (Fsp3) is 0.848. The Morgan fingerprint density at radius 3 is 2.09 bits per heavy atom. The van der Waals surface area contributed by atoms with Gasteiger partial charge in [0.25, 0.3) is 0 Å². The Hall–Kier alpha value is -2.77. The molecule has 1 rings (SSSR count). The van der Waals surface area contributed by atoms with E-state index in [1.807, 2.05) is 25.7 Å². The molecule has 1 fully saturated rings. The van der Waals surface area contributed by atoms with Crippen LogP contribution in [0.5, 0.6) is 0 Å². The van der Waals surface area contributed by atoms with Crippen molar-refractivity contribution < 1.29 is 29.1 Å². The molecule has 46 heavy (non-hydrogen) atoms. The van der Waals surface area contributed by atoms with E-state index in [2.05, 4.69) is 22.9 Å². The minimum Gasteiger partial charge on any atom is -0.396 e. The number of primary amides is 1. The summed E-state index contributed by atoms with van der Waals surface area (Å²) in [5.74, 6) is -2.72. The number of carbonyl (C=O) groups excluding carboxylic acids is 5. The van der Waals surface area contributed by atoms with Gasteiger partial charge in [0.05, 0.1) is 18.6 Å². The lowest BCUT2D eigenvalue weighted by Gasteiger charge is -2.37. The van der Waals surface area contributed by atoms with Crippen molar-refractivity contribution in [2.24, 2.45) is 29.2 Å². The van der Waals surface area contributed by atoms with Crippen LogP contribution in [0.2, 0.25) is 0 Å². The number of hydrogen-bond acceptors (Lipinski definition) is 8. The van der Waals surface area contributed by atoms with Gasteiger partial charge in [0.15, 0.2) is 0 Å². The second-order valence-electron chi connectivity index (χ2n) is 13.3. The first-order chi connectivity index (χ1) is 21.8. The van der Waals surface area contributed by atoms with Crippen LogP contribution >= 0.6 is 0 Å². The molecule has 0 spiro atoms. The standard InChI is InChI=1S/C33H63N7O6/c1-7-8-9-13-17-40(18-16-36-30(43)23(4)21-41)24(5)33(46)39(6)27(19-22(2)3)31(44)38-28(25-14-11-10-12-15-25)32(45)37-26(20-34)29(35)42/h22-28,41H,7-21,34H2,1-6H3,(H2,35,42)(H,36,43)(H,37,45)(H,38,44)/t23-,24-,26-,27-,28-/m0/s1. The molecule has 266 valence electrons. The molecule has 0 aliphatic heterocycles. The van der Waals surface area contributed by atoms with Crippen molar-refractivity contribution in [2.75, 3.05) is 39.8 Å². The average Bonchev–Trinajstić information content (AvgIpc) is 3.04. The first kappa shape index (κ1) is 41.3. The van der Waals surface area contributed by atoms with Gasteiger partial charge in [-0.1, -0.05) is 66.2 Å². The summed E-state index contributed by atoms with van der Waals surface area (Å²) in [6.45, 7) is 10.6. The molecule has 1 saturated carbocycles. The summed E-state index contributed by atoms with van der Waals surface area (Å²) >= 11 is 0. The van der Waals surface area contributed by atoms with E-state index in [9.17, 15) is 29.1 Å². The Morgan fingerprint density at radius 1 is 0.891 bits per heavy atom. The number of nitrogens with two attached hydrogens (primary N) is 2. The Bertz CT molecular complexity index is 959. The van der Waals surface area contributed by atoms with Crippen molar-refractivity contribution in [1.82, 2.24) is 25.8 Å². The van der Waals surface area contributed by atoms with E-state index < -0.39 is 47.8 Å². The molecule has 1 aliphatic carbocycles. The third-order valence-electron chi connectivity index (χ3n) is 9.03. The Morgan fingerprint density at radius 2 is 1.54 bits per heavy atom. The lowest BCUT2D eigenvalue weighted by molar-refractivity contribution is -0.144. The van der Waals surface area contributed by atoms with Gasteiger partial charge in [-0.2, -0.15) is 0 Å². The van der Waals surface area contributed by atoms with E-state index in [1.54, 1.807) is 14.0 Å². The van der Waals surface area contributed by atoms with Crippen LogP contribution in [0.25, 0.3) is 0 Å². The summed E-state index contributed by atoms with van der Waals surface area (Å²) in [6.07, 6.45) is 8.87. The fourth-order valence-corrected chi connectivity index (χ4v) is 5.93. The molecular weight excluding hydrogens is 590 g/mol. The van der Waals surface area contributed by atoms with Gasteiger partial charge in [0, 0.05) is 26.7 Å². The molecule has 0 aromatic rings. The Balaban J connectivity index is 3.18. The molecule has 8 N–H and O–H groups in total. The van der Waals surface area contributed by atoms with Crippen LogP contribution in [0, 0.1) is 17.8 Å². The van der Waals surface area contributed by atoms with Gasteiger partial charge >= 0.3 is 0 Å². The molecular formula is C33H63N7O6. The molecule has 0 bridgehead atoms. The minimum atomic E-state index is -1.05. The molecule has 1 aliphatic rings. The first-order valence-corrected chi connectivity index (χ1v) is 17.3. The lowest BCUT2D eigenvalue weighted by atomic mass is 9.83. The summed E-state index contributed by atoms with van der Waals surface area (Å²) in [5.41, 5.74) is 11.1. The van der Waals surface area contributed by atoms with Gasteiger partial charge in [0.1, 0.15) is 18.1 Å². The van der Waals surface area contributed by atoms with Gasteiger partial charge in [-0.3, -0.25) is 28.9 Å². The molecule has 5 atom stereocenters. The highest BCUT2D eigenvalue weighted by atomic mass is 16.3. The number of amides is 5. The van der Waals surface area contributed by atoms with Crippen molar-refractivity contribution >= 4 is 29.5 Å². The number of hydrogen-bond donors (Lipinski definition) is 6. The maximum Gasteiger partial charge on any atom is 0.243 e. The SMILES string of the molecule is CCCCCCN(CCNC(=O)[C@@H](C)CO)[C@@H](C)C(=O)N(C)[C@@H](CC(C)C)C(=O)N[C@H](C(=O)N[C@@H](CN)C(N)=O)C1CCCCC1. The summed E-state index contributed by atoms with van der Waals surface area (Å²) in [5, 5.41) is 17.7. The number of nitrogens with zero attached hydrogens (tertiary/aromatic N) is 2. The molecule has 0 radical (unpaired) electrons. The van der Waals surface area contributed by atoms with Crippen LogP contribution in [0.15, 0.2) is 0 Å². The number of aliphatic hydroxyl groups excluding tert-OH is 1.